The zero-order valence-electron chi connectivity index (χ0n) is 13.9. The van der Waals surface area contributed by atoms with Crippen molar-refractivity contribution >= 4 is 20.0 Å². The van der Waals surface area contributed by atoms with Crippen LogP contribution in [-0.2, 0) is 24.1 Å². The number of hydrogen-bond acceptors (Lipinski definition) is 8. The molecule has 1 aromatic rings. The molecule has 0 heterocycles. The van der Waals surface area contributed by atoms with E-state index >= 15 is 0 Å². The normalized spacial score (nSPS) is 12.1. The van der Waals surface area contributed by atoms with Gasteiger partial charge in [0.25, 0.3) is 10.1 Å². The summed E-state index contributed by atoms with van der Waals surface area (Å²) in [6, 6.07) is 4.44. The highest BCUT2D eigenvalue weighted by molar-refractivity contribution is 7.91. The Morgan fingerprint density at radius 1 is 1.00 bits per heavy atom. The molecule has 0 saturated heterocycles. The summed E-state index contributed by atoms with van der Waals surface area (Å²) in [6.07, 6.45) is 1.44. The highest BCUT2D eigenvalue weighted by atomic mass is 32.2. The van der Waals surface area contributed by atoms with E-state index in [1.165, 1.54) is 26.4 Å². The lowest BCUT2D eigenvalue weighted by Gasteiger charge is -2.10. The van der Waals surface area contributed by atoms with Crippen LogP contribution < -0.4 is 14.8 Å². The van der Waals surface area contributed by atoms with Crippen LogP contribution >= 0.6 is 0 Å². The third-order valence-electron chi connectivity index (χ3n) is 3.06. The zero-order valence-corrected chi connectivity index (χ0v) is 15.6. The molecule has 1 rings (SSSR count). The van der Waals surface area contributed by atoms with Gasteiger partial charge in [0.1, 0.15) is 0 Å². The first kappa shape index (κ1) is 20.7. The second kappa shape index (κ2) is 9.21. The van der Waals surface area contributed by atoms with E-state index in [2.05, 4.69) is 9.50 Å². The number of rotatable bonds is 11. The van der Waals surface area contributed by atoms with Gasteiger partial charge < -0.3 is 14.8 Å². The molecule has 8 nitrogen and oxygen atoms in total. The molecule has 138 valence electrons. The van der Waals surface area contributed by atoms with E-state index in [9.17, 15) is 16.8 Å². The molecule has 0 aliphatic rings. The van der Waals surface area contributed by atoms with Gasteiger partial charge in [-0.1, -0.05) is 0 Å². The lowest BCUT2D eigenvalue weighted by atomic mass is 10.3. The topological polar surface area (TPSA) is 108 Å². The van der Waals surface area contributed by atoms with Crippen molar-refractivity contribution in [1.29, 1.82) is 0 Å². The first-order valence-electron chi connectivity index (χ1n) is 7.19. The molecule has 0 aromatic heterocycles. The summed E-state index contributed by atoms with van der Waals surface area (Å²) in [7, 11) is -3.98. The van der Waals surface area contributed by atoms with Crippen LogP contribution in [0.15, 0.2) is 23.1 Å². The minimum absolute atomic E-state index is 0.0638. The van der Waals surface area contributed by atoms with Crippen LogP contribution in [0, 0.1) is 0 Å². The Balaban J connectivity index is 2.47. The van der Waals surface area contributed by atoms with E-state index in [0.717, 1.165) is 6.26 Å². The fraction of sp³-hybridized carbons (Fsp3) is 0.571. The third kappa shape index (κ3) is 7.04. The second-order valence-electron chi connectivity index (χ2n) is 4.97. The third-order valence-corrected chi connectivity index (χ3v) is 5.37. The smallest absolute Gasteiger partial charge is 0.264 e. The monoisotopic (exact) mass is 381 g/mol. The van der Waals surface area contributed by atoms with E-state index in [0.29, 0.717) is 24.5 Å². The van der Waals surface area contributed by atoms with Crippen molar-refractivity contribution in [2.24, 2.45) is 0 Å². The van der Waals surface area contributed by atoms with Crippen LogP contribution in [0.3, 0.4) is 0 Å². The van der Waals surface area contributed by atoms with Crippen molar-refractivity contribution in [3.63, 3.8) is 0 Å². The number of benzene rings is 1. The number of methoxy groups -OCH3 is 2. The molecule has 24 heavy (non-hydrogen) atoms. The van der Waals surface area contributed by atoms with Gasteiger partial charge in [-0.05, 0) is 25.1 Å². The Hall–Kier alpha value is -1.36. The molecule has 1 N–H and O–H groups in total. The second-order valence-corrected chi connectivity index (χ2v) is 8.72. The van der Waals surface area contributed by atoms with Gasteiger partial charge in [0, 0.05) is 12.6 Å². The van der Waals surface area contributed by atoms with E-state index in [1.807, 2.05) is 0 Å². The van der Waals surface area contributed by atoms with Gasteiger partial charge in [-0.2, -0.15) is 8.42 Å². The zero-order chi connectivity index (χ0) is 18.2. The highest BCUT2D eigenvalue weighted by Crippen LogP contribution is 2.29. The minimum atomic E-state index is -3.46. The average Bonchev–Trinajstić information content (AvgIpc) is 2.52. The molecule has 10 heteroatoms. The molecule has 1 aromatic carbocycles. The van der Waals surface area contributed by atoms with Crippen molar-refractivity contribution in [2.75, 3.05) is 45.9 Å². The fourth-order valence-electron chi connectivity index (χ4n) is 1.87. The van der Waals surface area contributed by atoms with Gasteiger partial charge in [-0.25, -0.2) is 8.42 Å². The molecule has 0 saturated carbocycles. The molecule has 0 amide bonds. The van der Waals surface area contributed by atoms with Crippen LogP contribution in [0.2, 0.25) is 0 Å². The van der Waals surface area contributed by atoms with Crippen LogP contribution in [-0.4, -0.2) is 62.8 Å². The Kier molecular flexibility index (Phi) is 7.94. The molecule has 0 unspecified atom stereocenters. The average molecular weight is 381 g/mol. The summed E-state index contributed by atoms with van der Waals surface area (Å²) in [5.74, 6) is 0.722. The van der Waals surface area contributed by atoms with Gasteiger partial charge in [0.2, 0.25) is 0 Å². The van der Waals surface area contributed by atoms with Crippen molar-refractivity contribution in [3.8, 4) is 11.5 Å². The largest absolute Gasteiger partial charge is 0.493 e. The maximum Gasteiger partial charge on any atom is 0.264 e. The first-order valence-corrected chi connectivity index (χ1v) is 10.7. The van der Waals surface area contributed by atoms with E-state index in [1.54, 1.807) is 6.07 Å². The first-order chi connectivity index (χ1) is 11.2. The predicted molar refractivity (Wildman–Crippen MR) is 89.9 cm³/mol. The molecule has 0 fully saturated rings. The maximum absolute atomic E-state index is 12.3. The van der Waals surface area contributed by atoms with E-state index in [4.69, 9.17) is 9.47 Å². The van der Waals surface area contributed by atoms with Crippen molar-refractivity contribution in [1.82, 2.24) is 5.32 Å². The van der Waals surface area contributed by atoms with Crippen LogP contribution in [0.1, 0.15) is 6.42 Å². The standard InChI is InChI=1S/C14H23NO7S2/c1-20-13-6-5-12(11-14(13)21-2)24(18,19)10-8-15-7-4-9-22-23(3,16)17/h5-6,11,15H,4,7-10H2,1-3H3. The summed E-state index contributed by atoms with van der Waals surface area (Å²) in [5.41, 5.74) is 0. The Morgan fingerprint density at radius 3 is 2.25 bits per heavy atom. The summed E-state index contributed by atoms with van der Waals surface area (Å²) in [6.45, 7) is 0.765. The number of hydrogen-bond donors (Lipinski definition) is 1. The van der Waals surface area contributed by atoms with Crippen LogP contribution in [0.25, 0.3) is 0 Å². The van der Waals surface area contributed by atoms with Gasteiger partial charge in [0.05, 0.1) is 37.7 Å². The molecule has 0 bridgehead atoms. The van der Waals surface area contributed by atoms with Crippen molar-refractivity contribution in [2.45, 2.75) is 11.3 Å². The quantitative estimate of drug-likeness (QED) is 0.434. The lowest BCUT2D eigenvalue weighted by Crippen LogP contribution is -2.25. The van der Waals surface area contributed by atoms with Crippen LogP contribution in [0.4, 0.5) is 0 Å². The highest BCUT2D eigenvalue weighted by Gasteiger charge is 2.16. The minimum Gasteiger partial charge on any atom is -0.493 e. The summed E-state index contributed by atoms with van der Waals surface area (Å²) < 4.78 is 60.9. The number of ether oxygens (including phenoxy) is 2. The molecule has 0 radical (unpaired) electrons. The van der Waals surface area contributed by atoms with Gasteiger partial charge in [-0.15, -0.1) is 0 Å². The predicted octanol–water partition coefficient (Wildman–Crippen LogP) is 0.433. The molecule has 0 spiro atoms. The molecular formula is C14H23NO7S2. The summed E-state index contributed by atoms with van der Waals surface area (Å²) in [5, 5.41) is 2.94. The molecular weight excluding hydrogens is 358 g/mol. The number of sulfone groups is 1. The van der Waals surface area contributed by atoms with Crippen LogP contribution in [0.5, 0.6) is 11.5 Å². The lowest BCUT2D eigenvalue weighted by molar-refractivity contribution is 0.313. The van der Waals surface area contributed by atoms with E-state index in [-0.39, 0.29) is 23.8 Å². The van der Waals surface area contributed by atoms with Gasteiger partial charge in [-0.3, -0.25) is 4.18 Å². The Bertz CT molecular complexity index is 729. The van der Waals surface area contributed by atoms with Gasteiger partial charge >= 0.3 is 0 Å². The van der Waals surface area contributed by atoms with Gasteiger partial charge in [0.15, 0.2) is 21.3 Å². The SMILES string of the molecule is COc1ccc(S(=O)(=O)CCNCCCOS(C)(=O)=O)cc1OC. The van der Waals surface area contributed by atoms with Crippen molar-refractivity contribution < 1.29 is 30.5 Å². The van der Waals surface area contributed by atoms with Crippen molar-refractivity contribution in [3.05, 3.63) is 18.2 Å². The maximum atomic E-state index is 12.3. The Labute approximate surface area is 143 Å². The summed E-state index contributed by atoms with van der Waals surface area (Å²) in [4.78, 5) is 0.155. The molecule has 0 atom stereocenters. The fourth-order valence-corrected chi connectivity index (χ4v) is 3.50. The number of nitrogens with one attached hydrogen (secondary N) is 1. The van der Waals surface area contributed by atoms with E-state index < -0.39 is 20.0 Å². The Morgan fingerprint density at radius 2 is 1.67 bits per heavy atom. The molecule has 0 aliphatic heterocycles. The summed E-state index contributed by atoms with van der Waals surface area (Å²) >= 11 is 0. The molecule has 0 aliphatic carbocycles.